The molecule has 1 N–H and O–H groups in total. The predicted octanol–water partition coefficient (Wildman–Crippen LogP) is 3.21. The highest BCUT2D eigenvalue weighted by atomic mass is 16.5. The number of carbonyl (C=O) groups is 1. The number of hydrogen-bond donors (Lipinski definition) is 1. The fourth-order valence-electron chi connectivity index (χ4n) is 3.48. The van der Waals surface area contributed by atoms with E-state index >= 15 is 0 Å². The fraction of sp³-hybridized carbons (Fsp3) is 0.500. The molecule has 2 aromatic rings. The standard InChI is InChI=1S/C18H24N2O2/c1-4-20(5-2)16(21)12-18(3)17-14(10-11-22-18)13-8-6-7-9-15(13)19-17/h6-9,19H,4-5,10-12H2,1-3H3. The first-order valence-electron chi connectivity index (χ1n) is 8.11. The first kappa shape index (κ1) is 15.1. The molecule has 1 atom stereocenters. The Morgan fingerprint density at radius 1 is 1.32 bits per heavy atom. The number of amides is 1. The Labute approximate surface area is 131 Å². The van der Waals surface area contributed by atoms with Crippen LogP contribution in [-0.2, 0) is 21.6 Å². The van der Waals surface area contributed by atoms with E-state index in [0.717, 1.165) is 30.7 Å². The van der Waals surface area contributed by atoms with Crippen LogP contribution < -0.4 is 0 Å². The number of benzene rings is 1. The third-order valence-corrected chi connectivity index (χ3v) is 4.72. The Balaban J connectivity index is 1.98. The minimum absolute atomic E-state index is 0.152. The molecule has 1 aliphatic rings. The zero-order chi connectivity index (χ0) is 15.7. The summed E-state index contributed by atoms with van der Waals surface area (Å²) >= 11 is 0. The molecule has 0 aliphatic carbocycles. The van der Waals surface area contributed by atoms with Crippen LogP contribution >= 0.6 is 0 Å². The Morgan fingerprint density at radius 2 is 2.05 bits per heavy atom. The molecular weight excluding hydrogens is 276 g/mol. The van der Waals surface area contributed by atoms with Crippen molar-refractivity contribution in [3.05, 3.63) is 35.5 Å². The monoisotopic (exact) mass is 300 g/mol. The average molecular weight is 300 g/mol. The smallest absolute Gasteiger partial charge is 0.225 e. The van der Waals surface area contributed by atoms with Crippen molar-refractivity contribution < 1.29 is 9.53 Å². The molecule has 0 saturated heterocycles. The summed E-state index contributed by atoms with van der Waals surface area (Å²) in [5, 5.41) is 1.25. The average Bonchev–Trinajstić information content (AvgIpc) is 2.89. The Hall–Kier alpha value is -1.81. The molecule has 0 radical (unpaired) electrons. The summed E-state index contributed by atoms with van der Waals surface area (Å²) in [6, 6.07) is 8.32. The second-order valence-corrected chi connectivity index (χ2v) is 6.10. The van der Waals surface area contributed by atoms with Crippen molar-refractivity contribution in [2.75, 3.05) is 19.7 Å². The molecule has 1 aromatic heterocycles. The number of H-pyrrole nitrogens is 1. The lowest BCUT2D eigenvalue weighted by molar-refractivity contribution is -0.140. The Bertz CT molecular complexity index is 687. The molecule has 1 amide bonds. The number of para-hydroxylation sites is 1. The molecule has 2 heterocycles. The largest absolute Gasteiger partial charge is 0.368 e. The molecule has 0 saturated carbocycles. The molecule has 4 heteroatoms. The first-order valence-corrected chi connectivity index (χ1v) is 8.11. The lowest BCUT2D eigenvalue weighted by atomic mass is 9.89. The number of nitrogens with one attached hydrogen (secondary N) is 1. The summed E-state index contributed by atoms with van der Waals surface area (Å²) in [6.45, 7) is 8.20. The van der Waals surface area contributed by atoms with E-state index in [1.165, 1.54) is 10.9 Å². The quantitative estimate of drug-likeness (QED) is 0.942. The van der Waals surface area contributed by atoms with Gasteiger partial charge in [0.25, 0.3) is 0 Å². The number of fused-ring (bicyclic) bond motifs is 3. The van der Waals surface area contributed by atoms with Crippen LogP contribution in [0, 0.1) is 0 Å². The van der Waals surface area contributed by atoms with E-state index in [2.05, 4.69) is 23.2 Å². The highest BCUT2D eigenvalue weighted by molar-refractivity contribution is 5.86. The van der Waals surface area contributed by atoms with Gasteiger partial charge in [0.1, 0.15) is 5.60 Å². The number of nitrogens with zero attached hydrogens (tertiary/aromatic N) is 1. The van der Waals surface area contributed by atoms with E-state index in [1.807, 2.05) is 31.7 Å². The van der Waals surface area contributed by atoms with Crippen molar-refractivity contribution in [1.82, 2.24) is 9.88 Å². The number of ether oxygens (including phenoxy) is 1. The highest BCUT2D eigenvalue weighted by Gasteiger charge is 2.38. The van der Waals surface area contributed by atoms with Crippen LogP contribution in [0.5, 0.6) is 0 Å². The lowest BCUT2D eigenvalue weighted by Gasteiger charge is -2.35. The minimum Gasteiger partial charge on any atom is -0.368 e. The maximum atomic E-state index is 12.5. The van der Waals surface area contributed by atoms with Gasteiger partial charge in [-0.1, -0.05) is 18.2 Å². The van der Waals surface area contributed by atoms with Crippen LogP contribution in [0.3, 0.4) is 0 Å². The molecule has 0 bridgehead atoms. The van der Waals surface area contributed by atoms with E-state index in [9.17, 15) is 4.79 Å². The van der Waals surface area contributed by atoms with Crippen LogP contribution in [0.25, 0.3) is 10.9 Å². The normalized spacial score (nSPS) is 20.9. The maximum absolute atomic E-state index is 12.5. The second kappa shape index (κ2) is 5.76. The van der Waals surface area contributed by atoms with E-state index in [1.54, 1.807) is 0 Å². The summed E-state index contributed by atoms with van der Waals surface area (Å²) in [4.78, 5) is 17.9. The highest BCUT2D eigenvalue weighted by Crippen LogP contribution is 2.39. The molecule has 0 fully saturated rings. The van der Waals surface area contributed by atoms with Gasteiger partial charge in [0.05, 0.1) is 18.7 Å². The van der Waals surface area contributed by atoms with E-state index in [-0.39, 0.29) is 5.91 Å². The van der Waals surface area contributed by atoms with Gasteiger partial charge >= 0.3 is 0 Å². The van der Waals surface area contributed by atoms with Crippen LogP contribution in [0.2, 0.25) is 0 Å². The number of hydrogen-bond acceptors (Lipinski definition) is 2. The van der Waals surface area contributed by atoms with Crippen molar-refractivity contribution in [3.63, 3.8) is 0 Å². The maximum Gasteiger partial charge on any atom is 0.225 e. The van der Waals surface area contributed by atoms with E-state index in [4.69, 9.17) is 4.74 Å². The molecule has 1 unspecified atom stereocenters. The van der Waals surface area contributed by atoms with Crippen molar-refractivity contribution in [2.24, 2.45) is 0 Å². The first-order chi connectivity index (χ1) is 10.6. The molecule has 22 heavy (non-hydrogen) atoms. The van der Waals surface area contributed by atoms with Gasteiger partial charge in [-0.25, -0.2) is 0 Å². The van der Waals surface area contributed by atoms with E-state index < -0.39 is 5.60 Å². The molecule has 0 spiro atoms. The number of aromatic nitrogens is 1. The molecule has 1 aromatic carbocycles. The third kappa shape index (κ3) is 2.41. The Morgan fingerprint density at radius 3 is 2.77 bits per heavy atom. The van der Waals surface area contributed by atoms with Crippen molar-refractivity contribution in [3.8, 4) is 0 Å². The van der Waals surface area contributed by atoms with Gasteiger partial charge < -0.3 is 14.6 Å². The summed E-state index contributed by atoms with van der Waals surface area (Å²) in [5.41, 5.74) is 2.93. The van der Waals surface area contributed by atoms with Crippen LogP contribution in [0.15, 0.2) is 24.3 Å². The zero-order valence-electron chi connectivity index (χ0n) is 13.6. The van der Waals surface area contributed by atoms with Crippen LogP contribution in [-0.4, -0.2) is 35.5 Å². The molecule has 3 rings (SSSR count). The van der Waals surface area contributed by atoms with Crippen LogP contribution in [0.1, 0.15) is 38.4 Å². The number of rotatable bonds is 4. The molecule has 1 aliphatic heterocycles. The number of aromatic amines is 1. The van der Waals surface area contributed by atoms with Crippen LogP contribution in [0.4, 0.5) is 0 Å². The summed E-state index contributed by atoms with van der Waals surface area (Å²) in [6.07, 6.45) is 1.28. The summed E-state index contributed by atoms with van der Waals surface area (Å²) in [5.74, 6) is 0.152. The van der Waals surface area contributed by atoms with Gasteiger partial charge in [-0.05, 0) is 38.8 Å². The molecule has 4 nitrogen and oxygen atoms in total. The SMILES string of the molecule is CCN(CC)C(=O)CC1(C)OCCc2c1[nH]c1ccccc21. The fourth-order valence-corrected chi connectivity index (χ4v) is 3.48. The minimum atomic E-state index is -0.563. The van der Waals surface area contributed by atoms with Crippen molar-refractivity contribution in [1.29, 1.82) is 0 Å². The van der Waals surface area contributed by atoms with Gasteiger partial charge in [-0.3, -0.25) is 4.79 Å². The number of carbonyl (C=O) groups excluding carboxylic acids is 1. The summed E-state index contributed by atoms with van der Waals surface area (Å²) in [7, 11) is 0. The predicted molar refractivity (Wildman–Crippen MR) is 87.9 cm³/mol. The van der Waals surface area contributed by atoms with Crippen molar-refractivity contribution in [2.45, 2.75) is 39.2 Å². The topological polar surface area (TPSA) is 45.3 Å². The van der Waals surface area contributed by atoms with Gasteiger partial charge in [0.15, 0.2) is 0 Å². The summed E-state index contributed by atoms with van der Waals surface area (Å²) < 4.78 is 6.05. The van der Waals surface area contributed by atoms with E-state index in [0.29, 0.717) is 13.0 Å². The zero-order valence-corrected chi connectivity index (χ0v) is 13.6. The molecule has 118 valence electrons. The van der Waals surface area contributed by atoms with Gasteiger partial charge in [-0.2, -0.15) is 0 Å². The lowest BCUT2D eigenvalue weighted by Crippen LogP contribution is -2.40. The van der Waals surface area contributed by atoms with Gasteiger partial charge in [-0.15, -0.1) is 0 Å². The Kier molecular flexibility index (Phi) is 3.96. The third-order valence-electron chi connectivity index (χ3n) is 4.72. The van der Waals surface area contributed by atoms with Crippen molar-refractivity contribution >= 4 is 16.8 Å². The second-order valence-electron chi connectivity index (χ2n) is 6.10. The van der Waals surface area contributed by atoms with Gasteiger partial charge in [0.2, 0.25) is 5.91 Å². The van der Waals surface area contributed by atoms with Gasteiger partial charge in [0, 0.05) is 24.0 Å². The molecular formula is C18H24N2O2.